The molecule has 0 bridgehead atoms. The fourth-order valence-electron chi connectivity index (χ4n) is 2.38. The van der Waals surface area contributed by atoms with Crippen molar-refractivity contribution in [1.29, 1.82) is 0 Å². The van der Waals surface area contributed by atoms with E-state index in [1.165, 1.54) is 6.07 Å². The van der Waals surface area contributed by atoms with Gasteiger partial charge >= 0.3 is 5.97 Å². The highest BCUT2D eigenvalue weighted by molar-refractivity contribution is 7.90. The van der Waals surface area contributed by atoms with E-state index in [1.807, 2.05) is 0 Å². The van der Waals surface area contributed by atoms with Gasteiger partial charge in [0.2, 0.25) is 5.91 Å². The van der Waals surface area contributed by atoms with E-state index in [-0.39, 0.29) is 11.3 Å². The minimum Gasteiger partial charge on any atom is -0.479 e. The maximum absolute atomic E-state index is 12.0. The van der Waals surface area contributed by atoms with E-state index in [1.54, 1.807) is 30.1 Å². The Kier molecular flexibility index (Phi) is 5.67. The summed E-state index contributed by atoms with van der Waals surface area (Å²) in [7, 11) is -2.01. The highest BCUT2D eigenvalue weighted by Crippen LogP contribution is 2.26. The molecule has 2 rings (SSSR count). The highest BCUT2D eigenvalue weighted by atomic mass is 32.2. The molecule has 0 aromatic heterocycles. The van der Waals surface area contributed by atoms with Crippen molar-refractivity contribution in [1.82, 2.24) is 10.2 Å². The standard InChI is InChI=1S/C16H21N3O6S/c1-16(23,15(21)22)10-17-13(20)8-5-9-19(2)14-11-6-3-4-7-12(11)26(24,25)18-14/h3-4,6-7,23H,5,8-10H2,1-2H3,(H,17,20)(H,21,22). The van der Waals surface area contributed by atoms with Gasteiger partial charge in [0.1, 0.15) is 10.7 Å². The molecule has 0 saturated heterocycles. The van der Waals surface area contributed by atoms with Gasteiger partial charge in [0.25, 0.3) is 10.0 Å². The third-order valence-electron chi connectivity index (χ3n) is 3.96. The lowest BCUT2D eigenvalue weighted by Gasteiger charge is -2.20. The number of sulfonamides is 1. The maximum Gasteiger partial charge on any atom is 0.337 e. The lowest BCUT2D eigenvalue weighted by molar-refractivity contribution is -0.156. The number of carboxylic acids is 1. The number of benzene rings is 1. The minimum absolute atomic E-state index is 0.0989. The maximum atomic E-state index is 12.0. The normalized spacial score (nSPS) is 17.0. The summed E-state index contributed by atoms with van der Waals surface area (Å²) in [6, 6.07) is 6.53. The van der Waals surface area contributed by atoms with Crippen LogP contribution in [0.3, 0.4) is 0 Å². The number of aliphatic carboxylic acids is 1. The third kappa shape index (κ3) is 4.38. The molecule has 10 heteroatoms. The van der Waals surface area contributed by atoms with Crippen LogP contribution in [-0.2, 0) is 19.6 Å². The van der Waals surface area contributed by atoms with Crippen LogP contribution in [0.25, 0.3) is 0 Å². The summed E-state index contributed by atoms with van der Waals surface area (Å²) in [5.41, 5.74) is -1.50. The molecule has 0 saturated carbocycles. The van der Waals surface area contributed by atoms with Crippen molar-refractivity contribution >= 4 is 27.7 Å². The fraction of sp³-hybridized carbons (Fsp3) is 0.438. The monoisotopic (exact) mass is 383 g/mol. The lowest BCUT2D eigenvalue weighted by Crippen LogP contribution is -2.46. The molecule has 1 heterocycles. The molecule has 0 fully saturated rings. The zero-order valence-electron chi connectivity index (χ0n) is 14.5. The molecular formula is C16H21N3O6S. The predicted octanol–water partition coefficient (Wildman–Crippen LogP) is -0.201. The first-order valence-electron chi connectivity index (χ1n) is 7.92. The number of nitrogens with zero attached hydrogens (tertiary/aromatic N) is 2. The Balaban J connectivity index is 1.88. The van der Waals surface area contributed by atoms with E-state index in [0.29, 0.717) is 24.4 Å². The second kappa shape index (κ2) is 7.42. The molecule has 0 aliphatic carbocycles. The van der Waals surface area contributed by atoms with Gasteiger partial charge in [0.15, 0.2) is 5.60 Å². The molecule has 1 unspecified atom stereocenters. The smallest absolute Gasteiger partial charge is 0.337 e. The number of hydrogen-bond donors (Lipinski definition) is 3. The van der Waals surface area contributed by atoms with Gasteiger partial charge in [-0.3, -0.25) is 4.79 Å². The van der Waals surface area contributed by atoms with Crippen LogP contribution in [-0.4, -0.2) is 67.0 Å². The summed E-state index contributed by atoms with van der Waals surface area (Å²) in [4.78, 5) is 24.3. The molecular weight excluding hydrogens is 362 g/mol. The number of aliphatic hydroxyl groups is 1. The second-order valence-corrected chi connectivity index (χ2v) is 7.84. The van der Waals surface area contributed by atoms with Crippen LogP contribution in [0.5, 0.6) is 0 Å². The van der Waals surface area contributed by atoms with Gasteiger partial charge in [0, 0.05) is 25.6 Å². The summed E-state index contributed by atoms with van der Waals surface area (Å²) in [5.74, 6) is -1.49. The molecule has 3 N–H and O–H groups in total. The quantitative estimate of drug-likeness (QED) is 0.593. The average molecular weight is 383 g/mol. The predicted molar refractivity (Wildman–Crippen MR) is 93.3 cm³/mol. The van der Waals surface area contributed by atoms with E-state index in [9.17, 15) is 23.1 Å². The first-order chi connectivity index (χ1) is 12.0. The van der Waals surface area contributed by atoms with Gasteiger partial charge in [-0.25, -0.2) is 4.79 Å². The fourth-order valence-corrected chi connectivity index (χ4v) is 3.63. The first kappa shape index (κ1) is 19.9. The molecule has 26 heavy (non-hydrogen) atoms. The Bertz CT molecular complexity index is 847. The van der Waals surface area contributed by atoms with Crippen LogP contribution in [0.2, 0.25) is 0 Å². The van der Waals surface area contributed by atoms with Crippen LogP contribution in [0.15, 0.2) is 33.6 Å². The molecule has 1 atom stereocenters. The van der Waals surface area contributed by atoms with E-state index >= 15 is 0 Å². The minimum atomic E-state index is -3.69. The number of amides is 1. The number of fused-ring (bicyclic) bond motifs is 1. The van der Waals surface area contributed by atoms with Crippen molar-refractivity contribution < 1.29 is 28.2 Å². The third-order valence-corrected chi connectivity index (χ3v) is 5.29. The molecule has 1 amide bonds. The molecule has 1 aliphatic rings. The number of carboxylic acid groups (broad SMARTS) is 1. The van der Waals surface area contributed by atoms with E-state index in [0.717, 1.165) is 6.92 Å². The first-order valence-corrected chi connectivity index (χ1v) is 9.36. The Morgan fingerprint density at radius 1 is 1.31 bits per heavy atom. The zero-order valence-corrected chi connectivity index (χ0v) is 15.3. The Hall–Kier alpha value is -2.46. The van der Waals surface area contributed by atoms with Crippen molar-refractivity contribution in [2.45, 2.75) is 30.3 Å². The summed E-state index contributed by atoms with van der Waals surface area (Å²) < 4.78 is 27.9. The van der Waals surface area contributed by atoms with E-state index in [2.05, 4.69) is 9.71 Å². The second-order valence-electron chi connectivity index (χ2n) is 6.27. The number of rotatable bonds is 7. The summed E-state index contributed by atoms with van der Waals surface area (Å²) in [6.45, 7) is 1.08. The van der Waals surface area contributed by atoms with Crippen LogP contribution < -0.4 is 5.32 Å². The molecule has 1 aromatic carbocycles. The van der Waals surface area contributed by atoms with Crippen LogP contribution >= 0.6 is 0 Å². The zero-order chi connectivity index (χ0) is 19.5. The Morgan fingerprint density at radius 2 is 1.96 bits per heavy atom. The van der Waals surface area contributed by atoms with Crippen molar-refractivity contribution in [2.75, 3.05) is 20.1 Å². The van der Waals surface area contributed by atoms with Crippen LogP contribution in [0, 0.1) is 0 Å². The summed E-state index contributed by atoms with van der Waals surface area (Å²) in [5, 5.41) is 20.7. The van der Waals surface area contributed by atoms with Crippen molar-refractivity contribution in [2.24, 2.45) is 4.40 Å². The van der Waals surface area contributed by atoms with Crippen molar-refractivity contribution in [3.63, 3.8) is 0 Å². The number of carbonyl (C=O) groups excluding carboxylic acids is 1. The largest absolute Gasteiger partial charge is 0.479 e. The van der Waals surface area contributed by atoms with Gasteiger partial charge in [0.05, 0.1) is 6.54 Å². The number of amidine groups is 1. The van der Waals surface area contributed by atoms with Gasteiger partial charge in [-0.2, -0.15) is 8.42 Å². The molecule has 9 nitrogen and oxygen atoms in total. The van der Waals surface area contributed by atoms with Gasteiger partial charge in [-0.1, -0.05) is 12.1 Å². The number of hydrogen-bond acceptors (Lipinski definition) is 6. The van der Waals surface area contributed by atoms with E-state index < -0.39 is 34.0 Å². The topological polar surface area (TPSA) is 136 Å². The van der Waals surface area contributed by atoms with Gasteiger partial charge in [-0.05, 0) is 25.5 Å². The van der Waals surface area contributed by atoms with Crippen LogP contribution in [0.1, 0.15) is 25.3 Å². The highest BCUT2D eigenvalue weighted by Gasteiger charge is 2.31. The van der Waals surface area contributed by atoms with Gasteiger partial charge < -0.3 is 20.4 Å². The van der Waals surface area contributed by atoms with Crippen molar-refractivity contribution in [3.05, 3.63) is 29.8 Å². The Labute approximate surface area is 151 Å². The number of nitrogens with one attached hydrogen (secondary N) is 1. The van der Waals surface area contributed by atoms with Crippen LogP contribution in [0.4, 0.5) is 0 Å². The van der Waals surface area contributed by atoms with Gasteiger partial charge in [-0.15, -0.1) is 4.40 Å². The molecule has 1 aromatic rings. The molecule has 142 valence electrons. The molecule has 0 spiro atoms. The van der Waals surface area contributed by atoms with E-state index in [4.69, 9.17) is 5.11 Å². The molecule has 0 radical (unpaired) electrons. The number of carbonyl (C=O) groups is 2. The summed E-state index contributed by atoms with van der Waals surface area (Å²) in [6.07, 6.45) is 0.500. The summed E-state index contributed by atoms with van der Waals surface area (Å²) >= 11 is 0. The average Bonchev–Trinajstić information content (AvgIpc) is 2.85. The molecule has 1 aliphatic heterocycles. The van der Waals surface area contributed by atoms with Crippen molar-refractivity contribution in [3.8, 4) is 0 Å². The Morgan fingerprint density at radius 3 is 2.62 bits per heavy atom. The SMILES string of the molecule is CN(CCCC(=O)NCC(C)(O)C(=O)O)C1=NS(=O)(=O)c2ccccc21. The lowest BCUT2D eigenvalue weighted by atomic mass is 10.1.